The van der Waals surface area contributed by atoms with Crippen molar-refractivity contribution in [3.63, 3.8) is 0 Å². The van der Waals surface area contributed by atoms with Gasteiger partial charge in [-0.2, -0.15) is 5.10 Å². The monoisotopic (exact) mass is 300 g/mol. The standard InChI is InChI=1S/C16H20N4O2/c1-20(9-10-22-12-5-3-2-4-6-12)16(21)15-13-11-17-8-7-14(13)18-19-15/h2-6,17H,7-11H2,1H3,(H,18,19). The minimum Gasteiger partial charge on any atom is -0.492 e. The second kappa shape index (κ2) is 6.62. The van der Waals surface area contributed by atoms with E-state index in [-0.39, 0.29) is 5.91 Å². The summed E-state index contributed by atoms with van der Waals surface area (Å²) in [5.74, 6) is 0.738. The maximum atomic E-state index is 12.5. The van der Waals surface area contributed by atoms with E-state index >= 15 is 0 Å². The summed E-state index contributed by atoms with van der Waals surface area (Å²) >= 11 is 0. The first-order valence-corrected chi connectivity index (χ1v) is 7.46. The number of fused-ring (bicyclic) bond motifs is 1. The van der Waals surface area contributed by atoms with Crippen molar-refractivity contribution in [3.8, 4) is 5.75 Å². The first kappa shape index (κ1) is 14.6. The number of H-pyrrole nitrogens is 1. The molecule has 2 N–H and O–H groups in total. The molecule has 1 aromatic carbocycles. The lowest BCUT2D eigenvalue weighted by atomic mass is 10.1. The lowest BCUT2D eigenvalue weighted by Gasteiger charge is -2.18. The minimum absolute atomic E-state index is 0.0714. The van der Waals surface area contributed by atoms with Crippen LogP contribution >= 0.6 is 0 Å². The molecule has 0 bridgehead atoms. The molecule has 0 fully saturated rings. The van der Waals surface area contributed by atoms with Gasteiger partial charge in [0.2, 0.25) is 0 Å². The Bertz CT molecular complexity index is 639. The highest BCUT2D eigenvalue weighted by molar-refractivity contribution is 5.93. The third kappa shape index (κ3) is 3.12. The van der Waals surface area contributed by atoms with Crippen LogP contribution in [0.1, 0.15) is 21.7 Å². The Hall–Kier alpha value is -2.34. The van der Waals surface area contributed by atoms with Crippen molar-refractivity contribution in [3.05, 3.63) is 47.3 Å². The van der Waals surface area contributed by atoms with E-state index in [2.05, 4.69) is 15.5 Å². The number of ether oxygens (including phenoxy) is 1. The van der Waals surface area contributed by atoms with Crippen molar-refractivity contribution in [2.45, 2.75) is 13.0 Å². The molecule has 0 atom stereocenters. The quantitative estimate of drug-likeness (QED) is 0.870. The summed E-state index contributed by atoms with van der Waals surface area (Å²) in [7, 11) is 1.77. The van der Waals surface area contributed by atoms with Gasteiger partial charge in [-0.15, -0.1) is 0 Å². The van der Waals surface area contributed by atoms with Gasteiger partial charge in [0, 0.05) is 37.8 Å². The summed E-state index contributed by atoms with van der Waals surface area (Å²) in [4.78, 5) is 14.1. The number of aromatic nitrogens is 2. The Balaban J connectivity index is 1.57. The average molecular weight is 300 g/mol. The number of para-hydroxylation sites is 1. The molecule has 3 rings (SSSR count). The van der Waals surface area contributed by atoms with Crippen LogP contribution in [0.4, 0.5) is 0 Å². The van der Waals surface area contributed by atoms with Gasteiger partial charge in [-0.05, 0) is 12.1 Å². The van der Waals surface area contributed by atoms with Crippen molar-refractivity contribution >= 4 is 5.91 Å². The summed E-state index contributed by atoms with van der Waals surface area (Å²) < 4.78 is 5.62. The molecule has 0 spiro atoms. The number of aromatic amines is 1. The summed E-state index contributed by atoms with van der Waals surface area (Å²) in [5.41, 5.74) is 2.58. The number of nitrogens with zero attached hydrogens (tertiary/aromatic N) is 2. The highest BCUT2D eigenvalue weighted by Crippen LogP contribution is 2.16. The number of carbonyl (C=O) groups is 1. The van der Waals surface area contributed by atoms with Crippen molar-refractivity contribution in [2.24, 2.45) is 0 Å². The SMILES string of the molecule is CN(CCOc1ccccc1)C(=O)c1n[nH]c2c1CNCC2. The van der Waals surface area contributed by atoms with Gasteiger partial charge in [-0.25, -0.2) is 0 Å². The molecule has 1 aliphatic rings. The number of rotatable bonds is 5. The van der Waals surface area contributed by atoms with E-state index in [0.717, 1.165) is 30.0 Å². The van der Waals surface area contributed by atoms with Crippen LogP contribution < -0.4 is 10.1 Å². The lowest BCUT2D eigenvalue weighted by Crippen LogP contribution is -2.33. The molecule has 0 unspecified atom stereocenters. The van der Waals surface area contributed by atoms with Crippen LogP contribution in [0.25, 0.3) is 0 Å². The Morgan fingerprint density at radius 1 is 1.36 bits per heavy atom. The smallest absolute Gasteiger partial charge is 0.274 e. The number of likely N-dealkylation sites (N-methyl/N-ethyl adjacent to an activating group) is 1. The van der Waals surface area contributed by atoms with Crippen molar-refractivity contribution in [2.75, 3.05) is 26.7 Å². The summed E-state index contributed by atoms with van der Waals surface area (Å²) in [6.45, 7) is 2.59. The molecule has 0 aliphatic carbocycles. The molecule has 2 heterocycles. The Morgan fingerprint density at radius 3 is 3.00 bits per heavy atom. The second-order valence-electron chi connectivity index (χ2n) is 5.34. The number of amides is 1. The molecule has 6 nitrogen and oxygen atoms in total. The summed E-state index contributed by atoms with van der Waals surface area (Å²) in [6.07, 6.45) is 0.885. The highest BCUT2D eigenvalue weighted by Gasteiger charge is 2.23. The Kier molecular flexibility index (Phi) is 4.39. The van der Waals surface area contributed by atoms with Crippen LogP contribution in [-0.2, 0) is 13.0 Å². The lowest BCUT2D eigenvalue weighted by molar-refractivity contribution is 0.0766. The Labute approximate surface area is 129 Å². The average Bonchev–Trinajstić information content (AvgIpc) is 2.99. The van der Waals surface area contributed by atoms with Gasteiger partial charge in [0.15, 0.2) is 5.69 Å². The van der Waals surface area contributed by atoms with E-state index in [0.29, 0.717) is 25.4 Å². The van der Waals surface area contributed by atoms with Gasteiger partial charge in [-0.1, -0.05) is 18.2 Å². The van der Waals surface area contributed by atoms with E-state index in [4.69, 9.17) is 4.74 Å². The van der Waals surface area contributed by atoms with Gasteiger partial charge in [0.1, 0.15) is 12.4 Å². The molecule has 0 saturated heterocycles. The third-order valence-electron chi connectivity index (χ3n) is 3.79. The first-order chi connectivity index (χ1) is 10.8. The number of hydrogen-bond donors (Lipinski definition) is 2. The number of nitrogens with one attached hydrogen (secondary N) is 2. The molecular formula is C16H20N4O2. The highest BCUT2D eigenvalue weighted by atomic mass is 16.5. The van der Waals surface area contributed by atoms with Crippen LogP contribution in [0.15, 0.2) is 30.3 Å². The predicted molar refractivity (Wildman–Crippen MR) is 82.9 cm³/mol. The van der Waals surface area contributed by atoms with Crippen LogP contribution in [0.5, 0.6) is 5.75 Å². The van der Waals surface area contributed by atoms with Gasteiger partial charge >= 0.3 is 0 Å². The molecule has 1 aliphatic heterocycles. The summed E-state index contributed by atoms with van der Waals surface area (Å²) in [6, 6.07) is 9.59. The summed E-state index contributed by atoms with van der Waals surface area (Å²) in [5, 5.41) is 10.4. The zero-order valence-corrected chi connectivity index (χ0v) is 12.6. The fraction of sp³-hybridized carbons (Fsp3) is 0.375. The van der Waals surface area contributed by atoms with E-state index in [1.807, 2.05) is 30.3 Å². The molecule has 1 amide bonds. The molecule has 1 aromatic heterocycles. The molecular weight excluding hydrogens is 280 g/mol. The van der Waals surface area contributed by atoms with E-state index in [1.165, 1.54) is 0 Å². The fourth-order valence-electron chi connectivity index (χ4n) is 2.50. The number of hydrogen-bond acceptors (Lipinski definition) is 4. The molecule has 0 saturated carbocycles. The fourth-order valence-corrected chi connectivity index (χ4v) is 2.50. The topological polar surface area (TPSA) is 70.2 Å². The number of benzene rings is 1. The molecule has 0 radical (unpaired) electrons. The first-order valence-electron chi connectivity index (χ1n) is 7.46. The van der Waals surface area contributed by atoms with Crippen LogP contribution in [0, 0.1) is 0 Å². The minimum atomic E-state index is -0.0714. The van der Waals surface area contributed by atoms with Gasteiger partial charge in [0.05, 0.1) is 6.54 Å². The van der Waals surface area contributed by atoms with Gasteiger partial charge in [-0.3, -0.25) is 9.89 Å². The van der Waals surface area contributed by atoms with E-state index < -0.39 is 0 Å². The predicted octanol–water partition coefficient (Wildman–Crippen LogP) is 1.21. The van der Waals surface area contributed by atoms with E-state index in [1.54, 1.807) is 11.9 Å². The molecule has 116 valence electrons. The number of carbonyl (C=O) groups excluding carboxylic acids is 1. The molecule has 22 heavy (non-hydrogen) atoms. The maximum Gasteiger partial charge on any atom is 0.274 e. The zero-order chi connectivity index (χ0) is 15.4. The van der Waals surface area contributed by atoms with Crippen LogP contribution in [0.3, 0.4) is 0 Å². The van der Waals surface area contributed by atoms with Crippen molar-refractivity contribution in [1.29, 1.82) is 0 Å². The normalized spacial score (nSPS) is 13.5. The third-order valence-corrected chi connectivity index (χ3v) is 3.79. The molecule has 2 aromatic rings. The zero-order valence-electron chi connectivity index (χ0n) is 12.6. The second-order valence-corrected chi connectivity index (χ2v) is 5.34. The van der Waals surface area contributed by atoms with Crippen molar-refractivity contribution < 1.29 is 9.53 Å². The van der Waals surface area contributed by atoms with Crippen LogP contribution in [-0.4, -0.2) is 47.7 Å². The van der Waals surface area contributed by atoms with E-state index in [9.17, 15) is 4.79 Å². The van der Waals surface area contributed by atoms with Gasteiger partial charge in [0.25, 0.3) is 5.91 Å². The van der Waals surface area contributed by atoms with Crippen molar-refractivity contribution in [1.82, 2.24) is 20.4 Å². The largest absolute Gasteiger partial charge is 0.492 e. The Morgan fingerprint density at radius 2 is 2.18 bits per heavy atom. The maximum absolute atomic E-state index is 12.5. The van der Waals surface area contributed by atoms with Crippen LogP contribution in [0.2, 0.25) is 0 Å². The molecule has 6 heteroatoms. The van der Waals surface area contributed by atoms with Gasteiger partial charge < -0.3 is 15.0 Å².